The van der Waals surface area contributed by atoms with Crippen molar-refractivity contribution in [1.29, 1.82) is 5.26 Å². The number of nitriles is 1. The summed E-state index contributed by atoms with van der Waals surface area (Å²) in [6.45, 7) is 0. The van der Waals surface area contributed by atoms with Crippen molar-refractivity contribution in [2.24, 2.45) is 0 Å². The predicted molar refractivity (Wildman–Crippen MR) is 72.7 cm³/mol. The molecule has 0 amide bonds. The molecule has 4 heteroatoms. The molecule has 0 fully saturated rings. The van der Waals surface area contributed by atoms with Crippen molar-refractivity contribution >= 4 is 17.4 Å². The van der Waals surface area contributed by atoms with E-state index in [-0.39, 0.29) is 0 Å². The lowest BCUT2D eigenvalue weighted by molar-refractivity contribution is 0.405. The lowest BCUT2D eigenvalue weighted by atomic mass is 10.2. The van der Waals surface area contributed by atoms with E-state index < -0.39 is 0 Å². The van der Waals surface area contributed by atoms with Gasteiger partial charge >= 0.3 is 0 Å². The maximum atomic E-state index is 8.95. The van der Waals surface area contributed by atoms with Crippen LogP contribution in [0.4, 0.5) is 5.69 Å². The zero-order chi connectivity index (χ0) is 13.0. The van der Waals surface area contributed by atoms with Crippen LogP contribution in [0.15, 0.2) is 52.3 Å². The van der Waals surface area contributed by atoms with Crippen LogP contribution in [0.2, 0.25) is 0 Å². The summed E-state index contributed by atoms with van der Waals surface area (Å²) >= 11 is 1.49. The Bertz CT molecular complexity index is 605. The van der Waals surface area contributed by atoms with Gasteiger partial charge in [0.05, 0.1) is 23.3 Å². The van der Waals surface area contributed by atoms with E-state index in [2.05, 4.69) is 6.07 Å². The lowest BCUT2D eigenvalue weighted by Crippen LogP contribution is -1.93. The maximum Gasteiger partial charge on any atom is 0.132 e. The average molecular weight is 256 g/mol. The largest absolute Gasteiger partial charge is 0.496 e. The second-order valence-electron chi connectivity index (χ2n) is 3.58. The molecular formula is C14H12N2OS. The number of ether oxygens (including phenoxy) is 1. The molecule has 18 heavy (non-hydrogen) atoms. The van der Waals surface area contributed by atoms with Crippen molar-refractivity contribution in [3.63, 3.8) is 0 Å². The molecule has 0 saturated heterocycles. The molecule has 0 aliphatic heterocycles. The lowest BCUT2D eigenvalue weighted by Gasteiger charge is -2.09. The molecule has 0 aromatic heterocycles. The maximum absolute atomic E-state index is 8.95. The summed E-state index contributed by atoms with van der Waals surface area (Å²) in [6, 6.07) is 15.2. The van der Waals surface area contributed by atoms with Crippen molar-refractivity contribution in [3.05, 3.63) is 48.0 Å². The van der Waals surface area contributed by atoms with Crippen LogP contribution in [-0.4, -0.2) is 7.11 Å². The third-order valence-corrected chi connectivity index (χ3v) is 3.61. The zero-order valence-electron chi connectivity index (χ0n) is 9.88. The minimum atomic E-state index is 0.495. The number of hydrogen-bond acceptors (Lipinski definition) is 4. The fraction of sp³-hybridized carbons (Fsp3) is 0.0714. The Hall–Kier alpha value is -2.12. The Kier molecular flexibility index (Phi) is 3.75. The van der Waals surface area contributed by atoms with Crippen LogP contribution >= 0.6 is 11.8 Å². The number of methoxy groups -OCH3 is 1. The average Bonchev–Trinajstić information content (AvgIpc) is 2.42. The minimum Gasteiger partial charge on any atom is -0.496 e. The number of anilines is 1. The van der Waals surface area contributed by atoms with Gasteiger partial charge in [0.25, 0.3) is 0 Å². The van der Waals surface area contributed by atoms with Crippen LogP contribution in [0.25, 0.3) is 0 Å². The van der Waals surface area contributed by atoms with Gasteiger partial charge in [-0.25, -0.2) is 0 Å². The molecule has 0 saturated carbocycles. The molecule has 0 heterocycles. The first kappa shape index (κ1) is 12.3. The molecule has 0 radical (unpaired) electrons. The van der Waals surface area contributed by atoms with Crippen LogP contribution in [0, 0.1) is 11.3 Å². The number of rotatable bonds is 3. The first-order valence-corrected chi connectivity index (χ1v) is 6.17. The van der Waals surface area contributed by atoms with Gasteiger partial charge in [-0.05, 0) is 24.3 Å². The van der Waals surface area contributed by atoms with Gasteiger partial charge in [0.1, 0.15) is 11.8 Å². The Morgan fingerprint density at radius 1 is 1.11 bits per heavy atom. The minimum absolute atomic E-state index is 0.495. The van der Waals surface area contributed by atoms with Crippen molar-refractivity contribution in [2.75, 3.05) is 12.8 Å². The summed E-state index contributed by atoms with van der Waals surface area (Å²) in [5.74, 6) is 0.796. The van der Waals surface area contributed by atoms with Gasteiger partial charge in [-0.1, -0.05) is 30.0 Å². The first-order chi connectivity index (χ1) is 8.76. The van der Waals surface area contributed by atoms with Crippen LogP contribution < -0.4 is 10.5 Å². The summed E-state index contributed by atoms with van der Waals surface area (Å²) in [6.07, 6.45) is 0. The van der Waals surface area contributed by atoms with Gasteiger partial charge in [-0.3, -0.25) is 0 Å². The van der Waals surface area contributed by atoms with Gasteiger partial charge < -0.3 is 10.5 Å². The van der Waals surface area contributed by atoms with Crippen LogP contribution in [0.1, 0.15) is 5.56 Å². The van der Waals surface area contributed by atoms with E-state index in [1.54, 1.807) is 13.2 Å². The monoisotopic (exact) mass is 256 g/mol. The summed E-state index contributed by atoms with van der Waals surface area (Å²) in [7, 11) is 1.63. The van der Waals surface area contributed by atoms with Crippen molar-refractivity contribution in [2.45, 2.75) is 9.79 Å². The van der Waals surface area contributed by atoms with E-state index in [0.29, 0.717) is 11.3 Å². The second kappa shape index (κ2) is 5.48. The number of benzene rings is 2. The van der Waals surface area contributed by atoms with E-state index in [1.807, 2.05) is 36.4 Å². The highest BCUT2D eigenvalue weighted by Crippen LogP contribution is 2.38. The quantitative estimate of drug-likeness (QED) is 0.856. The fourth-order valence-corrected chi connectivity index (χ4v) is 2.55. The molecule has 3 nitrogen and oxygen atoms in total. The highest BCUT2D eigenvalue weighted by Gasteiger charge is 2.09. The molecule has 2 rings (SSSR count). The van der Waals surface area contributed by atoms with E-state index >= 15 is 0 Å². The van der Waals surface area contributed by atoms with E-state index in [4.69, 9.17) is 15.7 Å². The van der Waals surface area contributed by atoms with E-state index in [0.717, 1.165) is 15.5 Å². The van der Waals surface area contributed by atoms with Gasteiger partial charge in [0.2, 0.25) is 0 Å². The molecule has 2 N–H and O–H groups in total. The summed E-state index contributed by atoms with van der Waals surface area (Å²) in [5, 5.41) is 8.95. The van der Waals surface area contributed by atoms with Crippen molar-refractivity contribution in [3.8, 4) is 11.8 Å². The Labute approximate surface area is 110 Å². The van der Waals surface area contributed by atoms with Crippen LogP contribution in [-0.2, 0) is 0 Å². The van der Waals surface area contributed by atoms with Gasteiger partial charge in [-0.2, -0.15) is 5.26 Å². The Balaban J connectivity index is 2.38. The zero-order valence-corrected chi connectivity index (χ0v) is 10.7. The standard InChI is InChI=1S/C14H12N2OS/c1-17-11-6-2-3-7-12(11)18-13-8-4-5-10(9-15)14(13)16/h2-8H,16H2,1H3. The van der Waals surface area contributed by atoms with Crippen LogP contribution in [0.5, 0.6) is 5.75 Å². The molecule has 0 atom stereocenters. The van der Waals surface area contributed by atoms with Gasteiger partial charge in [0.15, 0.2) is 0 Å². The van der Waals surface area contributed by atoms with Crippen molar-refractivity contribution in [1.82, 2.24) is 0 Å². The first-order valence-electron chi connectivity index (χ1n) is 5.35. The third-order valence-electron chi connectivity index (χ3n) is 2.48. The molecule has 0 aliphatic rings. The highest BCUT2D eigenvalue weighted by molar-refractivity contribution is 7.99. The highest BCUT2D eigenvalue weighted by atomic mass is 32.2. The van der Waals surface area contributed by atoms with Gasteiger partial charge in [-0.15, -0.1) is 0 Å². The van der Waals surface area contributed by atoms with Crippen molar-refractivity contribution < 1.29 is 4.74 Å². The molecule has 0 spiro atoms. The SMILES string of the molecule is COc1ccccc1Sc1cccc(C#N)c1N. The Morgan fingerprint density at radius 3 is 2.56 bits per heavy atom. The number of para-hydroxylation sites is 2. The Morgan fingerprint density at radius 2 is 1.83 bits per heavy atom. The number of nitrogens with two attached hydrogens (primary N) is 1. The number of nitrogen functional groups attached to an aromatic ring is 1. The van der Waals surface area contributed by atoms with E-state index in [9.17, 15) is 0 Å². The molecule has 2 aromatic carbocycles. The number of hydrogen-bond donors (Lipinski definition) is 1. The molecule has 2 aromatic rings. The summed E-state index contributed by atoms with van der Waals surface area (Å²) < 4.78 is 5.29. The van der Waals surface area contributed by atoms with Crippen LogP contribution in [0.3, 0.4) is 0 Å². The molecule has 0 unspecified atom stereocenters. The molecule has 0 aliphatic carbocycles. The fourth-order valence-electron chi connectivity index (χ4n) is 1.55. The predicted octanol–water partition coefficient (Wildman–Crippen LogP) is 3.30. The summed E-state index contributed by atoms with van der Waals surface area (Å²) in [4.78, 5) is 1.83. The van der Waals surface area contributed by atoms with Gasteiger partial charge in [0, 0.05) is 4.90 Å². The third kappa shape index (κ3) is 2.41. The molecular weight excluding hydrogens is 244 g/mol. The molecule has 0 bridgehead atoms. The van der Waals surface area contributed by atoms with E-state index in [1.165, 1.54) is 11.8 Å². The number of nitrogens with zero attached hydrogens (tertiary/aromatic N) is 1. The normalized spacial score (nSPS) is 9.78. The molecule has 90 valence electrons. The smallest absolute Gasteiger partial charge is 0.132 e. The topological polar surface area (TPSA) is 59.0 Å². The summed E-state index contributed by atoms with van der Waals surface area (Å²) in [5.41, 5.74) is 6.95. The second-order valence-corrected chi connectivity index (χ2v) is 4.67.